The summed E-state index contributed by atoms with van der Waals surface area (Å²) in [5.74, 6) is 1.07. The Kier molecular flexibility index (Phi) is 4.05. The largest absolute Gasteiger partial charge is 0.368 e. The van der Waals surface area contributed by atoms with E-state index in [1.54, 1.807) is 6.07 Å². The Hall–Kier alpha value is -1.03. The monoisotopic (exact) mass is 254 g/mol. The van der Waals surface area contributed by atoms with Crippen molar-refractivity contribution in [1.29, 1.82) is 0 Å². The lowest BCUT2D eigenvalue weighted by Gasteiger charge is -2.28. The zero-order valence-corrected chi connectivity index (χ0v) is 11.0. The van der Waals surface area contributed by atoms with Crippen LogP contribution in [0.5, 0.6) is 0 Å². The molecule has 2 N–H and O–H groups in total. The molecule has 1 aromatic heterocycles. The molecule has 1 aromatic rings. The molecule has 5 heteroatoms. The van der Waals surface area contributed by atoms with Crippen molar-refractivity contribution in [2.24, 2.45) is 0 Å². The summed E-state index contributed by atoms with van der Waals surface area (Å²) < 4.78 is 0. The van der Waals surface area contributed by atoms with E-state index in [9.17, 15) is 0 Å². The topological polar surface area (TPSA) is 55.0 Å². The van der Waals surface area contributed by atoms with E-state index >= 15 is 0 Å². The lowest BCUT2D eigenvalue weighted by Crippen LogP contribution is -2.32. The van der Waals surface area contributed by atoms with Crippen molar-refractivity contribution in [3.8, 4) is 0 Å². The molecule has 0 unspecified atom stereocenters. The second-order valence-corrected chi connectivity index (χ2v) is 5.05. The van der Waals surface area contributed by atoms with Gasteiger partial charge in [0.05, 0.1) is 0 Å². The third-order valence-electron chi connectivity index (χ3n) is 3.43. The van der Waals surface area contributed by atoms with Crippen LogP contribution in [0, 0.1) is 0 Å². The summed E-state index contributed by atoms with van der Waals surface area (Å²) >= 11 is 5.91. The van der Waals surface area contributed by atoms with Gasteiger partial charge in [0, 0.05) is 19.2 Å². The van der Waals surface area contributed by atoms with Gasteiger partial charge in [-0.25, -0.2) is 4.98 Å². The van der Waals surface area contributed by atoms with Crippen molar-refractivity contribution in [2.45, 2.75) is 44.6 Å². The molecule has 17 heavy (non-hydrogen) atoms. The number of hydrogen-bond donors (Lipinski definition) is 1. The molecule has 1 aliphatic rings. The fraction of sp³-hybridized carbons (Fsp3) is 0.667. The van der Waals surface area contributed by atoms with Crippen molar-refractivity contribution in [1.82, 2.24) is 9.97 Å². The van der Waals surface area contributed by atoms with E-state index in [2.05, 4.69) is 21.9 Å². The van der Waals surface area contributed by atoms with E-state index in [-0.39, 0.29) is 5.95 Å². The second kappa shape index (κ2) is 5.54. The number of nitrogens with two attached hydrogens (primary N) is 1. The molecular weight excluding hydrogens is 236 g/mol. The molecule has 0 atom stereocenters. The first-order valence-corrected chi connectivity index (χ1v) is 6.57. The average Bonchev–Trinajstić information content (AvgIpc) is 2.55. The van der Waals surface area contributed by atoms with Gasteiger partial charge in [0.1, 0.15) is 11.0 Å². The summed E-state index contributed by atoms with van der Waals surface area (Å²) in [4.78, 5) is 10.3. The standard InChI is InChI=1S/C12H19ClN4/c1-17(9-6-4-2-3-5-7-9)11-8-10(13)15-12(14)16-11/h8-9H,2-7H2,1H3,(H2,14,15,16). The fourth-order valence-electron chi connectivity index (χ4n) is 2.44. The molecule has 0 amide bonds. The molecule has 94 valence electrons. The highest BCUT2D eigenvalue weighted by Crippen LogP contribution is 2.25. The highest BCUT2D eigenvalue weighted by Gasteiger charge is 2.18. The van der Waals surface area contributed by atoms with Crippen LogP contribution in [0.2, 0.25) is 5.15 Å². The Labute approximate surface area is 107 Å². The summed E-state index contributed by atoms with van der Waals surface area (Å²) in [5, 5.41) is 0.410. The summed E-state index contributed by atoms with van der Waals surface area (Å²) in [6.07, 6.45) is 7.72. The van der Waals surface area contributed by atoms with Gasteiger partial charge in [-0.15, -0.1) is 0 Å². The third-order valence-corrected chi connectivity index (χ3v) is 3.63. The molecule has 0 bridgehead atoms. The number of hydrogen-bond acceptors (Lipinski definition) is 4. The van der Waals surface area contributed by atoms with Crippen LogP contribution >= 0.6 is 11.6 Å². The first-order valence-electron chi connectivity index (χ1n) is 6.19. The van der Waals surface area contributed by atoms with Gasteiger partial charge in [-0.1, -0.05) is 37.3 Å². The normalized spacial score (nSPS) is 17.8. The van der Waals surface area contributed by atoms with Crippen molar-refractivity contribution in [2.75, 3.05) is 17.7 Å². The maximum atomic E-state index is 5.91. The first kappa shape index (κ1) is 12.4. The molecule has 1 heterocycles. The van der Waals surface area contributed by atoms with Crippen molar-refractivity contribution >= 4 is 23.4 Å². The molecule has 1 aliphatic carbocycles. The lowest BCUT2D eigenvalue weighted by molar-refractivity contribution is 0.549. The molecule has 0 saturated heterocycles. The Morgan fingerprint density at radius 2 is 1.88 bits per heavy atom. The maximum Gasteiger partial charge on any atom is 0.223 e. The molecule has 0 aromatic carbocycles. The SMILES string of the molecule is CN(c1cc(Cl)nc(N)n1)C1CCCCCC1. The fourth-order valence-corrected chi connectivity index (χ4v) is 2.62. The van der Waals surface area contributed by atoms with Crippen molar-refractivity contribution in [3.05, 3.63) is 11.2 Å². The van der Waals surface area contributed by atoms with Gasteiger partial charge in [0.15, 0.2) is 0 Å². The van der Waals surface area contributed by atoms with Crippen LogP contribution in [0.25, 0.3) is 0 Å². The van der Waals surface area contributed by atoms with Crippen LogP contribution in [-0.4, -0.2) is 23.1 Å². The highest BCUT2D eigenvalue weighted by molar-refractivity contribution is 6.29. The Balaban J connectivity index is 2.14. The van der Waals surface area contributed by atoms with Gasteiger partial charge >= 0.3 is 0 Å². The van der Waals surface area contributed by atoms with E-state index in [1.165, 1.54) is 38.5 Å². The minimum Gasteiger partial charge on any atom is -0.368 e. The van der Waals surface area contributed by atoms with E-state index in [0.29, 0.717) is 11.2 Å². The van der Waals surface area contributed by atoms with Gasteiger partial charge in [-0.2, -0.15) is 4.98 Å². The van der Waals surface area contributed by atoms with Crippen molar-refractivity contribution < 1.29 is 0 Å². The smallest absolute Gasteiger partial charge is 0.223 e. The second-order valence-electron chi connectivity index (χ2n) is 4.66. The van der Waals surface area contributed by atoms with Crippen LogP contribution in [-0.2, 0) is 0 Å². The maximum absolute atomic E-state index is 5.91. The minimum atomic E-state index is 0.243. The molecule has 4 nitrogen and oxygen atoms in total. The zero-order chi connectivity index (χ0) is 12.3. The molecule has 0 aliphatic heterocycles. The van der Waals surface area contributed by atoms with Gasteiger partial charge in [0.2, 0.25) is 5.95 Å². The predicted molar refractivity (Wildman–Crippen MR) is 71.3 cm³/mol. The average molecular weight is 255 g/mol. The summed E-state index contributed by atoms with van der Waals surface area (Å²) in [6.45, 7) is 0. The van der Waals surface area contributed by atoms with Gasteiger partial charge in [-0.05, 0) is 12.8 Å². The first-order chi connectivity index (χ1) is 8.16. The molecule has 1 fully saturated rings. The van der Waals surface area contributed by atoms with Crippen molar-refractivity contribution in [3.63, 3.8) is 0 Å². The number of nitrogens with zero attached hydrogens (tertiary/aromatic N) is 3. The molecule has 0 radical (unpaired) electrons. The van der Waals surface area contributed by atoms with Gasteiger partial charge < -0.3 is 10.6 Å². The van der Waals surface area contributed by atoms with Crippen LogP contribution in [0.4, 0.5) is 11.8 Å². The summed E-state index contributed by atoms with van der Waals surface area (Å²) in [7, 11) is 2.06. The Morgan fingerprint density at radius 3 is 2.47 bits per heavy atom. The molecule has 1 saturated carbocycles. The minimum absolute atomic E-state index is 0.243. The van der Waals surface area contributed by atoms with Crippen LogP contribution in [0.15, 0.2) is 6.07 Å². The molecular formula is C12H19ClN4. The number of halogens is 1. The number of rotatable bonds is 2. The van der Waals surface area contributed by atoms with E-state index in [1.807, 2.05) is 0 Å². The Bertz CT molecular complexity index is 355. The third kappa shape index (κ3) is 3.22. The highest BCUT2D eigenvalue weighted by atomic mass is 35.5. The molecule has 0 spiro atoms. The van der Waals surface area contributed by atoms with Crippen LogP contribution in [0.1, 0.15) is 38.5 Å². The van der Waals surface area contributed by atoms with Gasteiger partial charge in [-0.3, -0.25) is 0 Å². The van der Waals surface area contributed by atoms with Crippen LogP contribution in [0.3, 0.4) is 0 Å². The number of anilines is 2. The summed E-state index contributed by atoms with van der Waals surface area (Å²) in [5.41, 5.74) is 5.62. The van der Waals surface area contributed by atoms with E-state index in [0.717, 1.165) is 5.82 Å². The number of aromatic nitrogens is 2. The predicted octanol–water partition coefficient (Wildman–Crippen LogP) is 2.87. The molecule has 2 rings (SSSR count). The van der Waals surface area contributed by atoms with Crippen LogP contribution < -0.4 is 10.6 Å². The van der Waals surface area contributed by atoms with Gasteiger partial charge in [0.25, 0.3) is 0 Å². The zero-order valence-electron chi connectivity index (χ0n) is 10.2. The quantitative estimate of drug-likeness (QED) is 0.651. The van der Waals surface area contributed by atoms with E-state index in [4.69, 9.17) is 17.3 Å². The lowest BCUT2D eigenvalue weighted by atomic mass is 10.1. The Morgan fingerprint density at radius 1 is 1.24 bits per heavy atom. The number of nitrogen functional groups attached to an aromatic ring is 1. The summed E-state index contributed by atoms with van der Waals surface area (Å²) in [6, 6.07) is 2.32. The van der Waals surface area contributed by atoms with E-state index < -0.39 is 0 Å².